The van der Waals surface area contributed by atoms with E-state index < -0.39 is 11.9 Å². The van der Waals surface area contributed by atoms with Crippen molar-refractivity contribution in [1.29, 1.82) is 0 Å². The van der Waals surface area contributed by atoms with Gasteiger partial charge in [0.1, 0.15) is 16.9 Å². The summed E-state index contributed by atoms with van der Waals surface area (Å²) < 4.78 is 13.4. The number of benzene rings is 1. The van der Waals surface area contributed by atoms with E-state index in [1.807, 2.05) is 0 Å². The van der Waals surface area contributed by atoms with Crippen LogP contribution in [0.1, 0.15) is 16.7 Å². The van der Waals surface area contributed by atoms with Crippen LogP contribution < -0.4 is 0 Å². The van der Waals surface area contributed by atoms with Gasteiger partial charge in [-0.1, -0.05) is 17.7 Å². The monoisotopic (exact) mass is 257 g/mol. The summed E-state index contributed by atoms with van der Waals surface area (Å²) in [6, 6.07) is 4.43. The second-order valence-electron chi connectivity index (χ2n) is 3.33. The Kier molecular flexibility index (Phi) is 3.53. The normalized spacial score (nSPS) is 12.7. The molecule has 0 saturated carbocycles. The van der Waals surface area contributed by atoms with E-state index in [2.05, 4.69) is 4.98 Å². The maximum absolute atomic E-state index is 13.4. The van der Waals surface area contributed by atoms with Crippen molar-refractivity contribution >= 4 is 22.9 Å². The van der Waals surface area contributed by atoms with Crippen molar-refractivity contribution in [2.24, 2.45) is 0 Å². The predicted molar refractivity (Wildman–Crippen MR) is 62.2 cm³/mol. The molecule has 16 heavy (non-hydrogen) atoms. The molecular formula is C11H9ClFNOS. The Morgan fingerprint density at radius 2 is 2.31 bits per heavy atom. The van der Waals surface area contributed by atoms with Crippen molar-refractivity contribution in [3.05, 3.63) is 51.2 Å². The minimum atomic E-state index is -0.768. The molecule has 0 aliphatic carbocycles. The van der Waals surface area contributed by atoms with Gasteiger partial charge in [-0.25, -0.2) is 9.37 Å². The zero-order chi connectivity index (χ0) is 11.5. The van der Waals surface area contributed by atoms with E-state index in [0.29, 0.717) is 15.6 Å². The van der Waals surface area contributed by atoms with Crippen LogP contribution in [0.3, 0.4) is 0 Å². The Balaban J connectivity index is 2.15. The number of nitrogens with zero attached hydrogens (tertiary/aromatic N) is 1. The zero-order valence-corrected chi connectivity index (χ0v) is 9.80. The SMILES string of the molecule is OC(Cc1ccc(Cl)cc1F)c1nccs1. The lowest BCUT2D eigenvalue weighted by Gasteiger charge is -2.08. The Bertz CT molecular complexity index is 475. The molecule has 2 rings (SSSR count). The first-order valence-electron chi connectivity index (χ1n) is 4.68. The quantitative estimate of drug-likeness (QED) is 0.916. The summed E-state index contributed by atoms with van der Waals surface area (Å²) in [5.41, 5.74) is 0.437. The molecule has 1 unspecified atom stereocenters. The molecule has 2 aromatic rings. The van der Waals surface area contributed by atoms with Gasteiger partial charge in [0.2, 0.25) is 0 Å². The third-order valence-corrected chi connectivity index (χ3v) is 3.28. The first kappa shape index (κ1) is 11.5. The van der Waals surface area contributed by atoms with E-state index in [1.165, 1.54) is 17.4 Å². The topological polar surface area (TPSA) is 33.1 Å². The molecule has 0 saturated heterocycles. The van der Waals surface area contributed by atoms with Gasteiger partial charge in [0, 0.05) is 23.0 Å². The fourth-order valence-corrected chi connectivity index (χ4v) is 2.16. The fourth-order valence-electron chi connectivity index (χ4n) is 1.38. The molecule has 0 fully saturated rings. The molecule has 0 bridgehead atoms. The van der Waals surface area contributed by atoms with E-state index in [-0.39, 0.29) is 6.42 Å². The van der Waals surface area contributed by atoms with Gasteiger partial charge in [-0.05, 0) is 17.7 Å². The second-order valence-corrected chi connectivity index (χ2v) is 4.69. The molecule has 2 nitrogen and oxygen atoms in total. The number of rotatable bonds is 3. The van der Waals surface area contributed by atoms with Crippen LogP contribution >= 0.6 is 22.9 Å². The minimum absolute atomic E-state index is 0.205. The fraction of sp³-hybridized carbons (Fsp3) is 0.182. The van der Waals surface area contributed by atoms with E-state index in [1.54, 1.807) is 23.7 Å². The molecule has 0 amide bonds. The molecule has 0 radical (unpaired) electrons. The Morgan fingerprint density at radius 1 is 1.50 bits per heavy atom. The maximum atomic E-state index is 13.4. The molecule has 1 aromatic carbocycles. The van der Waals surface area contributed by atoms with Crippen LogP contribution in [0, 0.1) is 5.82 Å². The molecule has 0 spiro atoms. The largest absolute Gasteiger partial charge is 0.386 e. The summed E-state index contributed by atoms with van der Waals surface area (Å²) in [6.45, 7) is 0. The highest BCUT2D eigenvalue weighted by Gasteiger charge is 2.13. The zero-order valence-electron chi connectivity index (χ0n) is 8.23. The van der Waals surface area contributed by atoms with E-state index in [4.69, 9.17) is 11.6 Å². The summed E-state index contributed by atoms with van der Waals surface area (Å²) in [5.74, 6) is -0.400. The Hall–Kier alpha value is -0.970. The molecule has 0 aliphatic heterocycles. The van der Waals surface area contributed by atoms with Crippen molar-refractivity contribution in [2.75, 3.05) is 0 Å². The van der Waals surface area contributed by atoms with E-state index >= 15 is 0 Å². The van der Waals surface area contributed by atoms with Crippen molar-refractivity contribution in [3.8, 4) is 0 Å². The lowest BCUT2D eigenvalue weighted by Crippen LogP contribution is -2.03. The van der Waals surface area contributed by atoms with Crippen LogP contribution in [0.5, 0.6) is 0 Å². The van der Waals surface area contributed by atoms with Crippen molar-refractivity contribution < 1.29 is 9.50 Å². The third-order valence-electron chi connectivity index (χ3n) is 2.16. The van der Waals surface area contributed by atoms with Gasteiger partial charge < -0.3 is 5.11 Å². The lowest BCUT2D eigenvalue weighted by atomic mass is 10.1. The smallest absolute Gasteiger partial charge is 0.127 e. The number of aliphatic hydroxyl groups is 1. The van der Waals surface area contributed by atoms with Gasteiger partial charge in [0.25, 0.3) is 0 Å². The van der Waals surface area contributed by atoms with Crippen molar-refractivity contribution in [1.82, 2.24) is 4.98 Å². The highest BCUT2D eigenvalue weighted by atomic mass is 35.5. The summed E-state index contributed by atoms with van der Waals surface area (Å²) in [5, 5.41) is 12.5. The van der Waals surface area contributed by atoms with Crippen molar-refractivity contribution in [2.45, 2.75) is 12.5 Å². The number of halogens is 2. The van der Waals surface area contributed by atoms with Gasteiger partial charge in [-0.15, -0.1) is 11.3 Å². The molecule has 0 aliphatic rings. The highest BCUT2D eigenvalue weighted by molar-refractivity contribution is 7.09. The van der Waals surface area contributed by atoms with Crippen LogP contribution in [0.25, 0.3) is 0 Å². The molecule has 1 N–H and O–H groups in total. The van der Waals surface area contributed by atoms with Gasteiger partial charge >= 0.3 is 0 Å². The van der Waals surface area contributed by atoms with Crippen molar-refractivity contribution in [3.63, 3.8) is 0 Å². The highest BCUT2D eigenvalue weighted by Crippen LogP contribution is 2.23. The Labute approximate surface area is 101 Å². The number of aromatic nitrogens is 1. The molecule has 5 heteroatoms. The number of aliphatic hydroxyl groups excluding tert-OH is 1. The number of hydrogen-bond donors (Lipinski definition) is 1. The van der Waals surface area contributed by atoms with Gasteiger partial charge in [0.15, 0.2) is 0 Å². The summed E-state index contributed by atoms with van der Waals surface area (Å²) in [4.78, 5) is 3.98. The van der Waals surface area contributed by atoms with Crippen LogP contribution in [0.2, 0.25) is 5.02 Å². The van der Waals surface area contributed by atoms with Crippen LogP contribution in [0.15, 0.2) is 29.8 Å². The molecular weight excluding hydrogens is 249 g/mol. The summed E-state index contributed by atoms with van der Waals surface area (Å²) in [6.07, 6.45) is 1.05. The predicted octanol–water partition coefficient (Wildman–Crippen LogP) is 3.21. The molecule has 1 aromatic heterocycles. The van der Waals surface area contributed by atoms with Crippen LogP contribution in [0.4, 0.5) is 4.39 Å². The van der Waals surface area contributed by atoms with E-state index in [0.717, 1.165) is 0 Å². The summed E-state index contributed by atoms with van der Waals surface area (Å²) >= 11 is 6.99. The van der Waals surface area contributed by atoms with Gasteiger partial charge in [-0.2, -0.15) is 0 Å². The molecule has 84 valence electrons. The summed E-state index contributed by atoms with van der Waals surface area (Å²) in [7, 11) is 0. The Morgan fingerprint density at radius 3 is 2.94 bits per heavy atom. The number of thiazole rings is 1. The third kappa shape index (κ3) is 2.58. The average Bonchev–Trinajstić information content (AvgIpc) is 2.75. The number of hydrogen-bond acceptors (Lipinski definition) is 3. The maximum Gasteiger partial charge on any atom is 0.127 e. The van der Waals surface area contributed by atoms with E-state index in [9.17, 15) is 9.50 Å². The molecule has 1 atom stereocenters. The van der Waals surface area contributed by atoms with Gasteiger partial charge in [-0.3, -0.25) is 0 Å². The van der Waals surface area contributed by atoms with Crippen LogP contribution in [-0.4, -0.2) is 10.1 Å². The average molecular weight is 258 g/mol. The standard InChI is InChI=1S/C11H9ClFNOS/c12-8-2-1-7(9(13)6-8)5-10(15)11-14-3-4-16-11/h1-4,6,10,15H,5H2. The lowest BCUT2D eigenvalue weighted by molar-refractivity contribution is 0.176. The second kappa shape index (κ2) is 4.91. The minimum Gasteiger partial charge on any atom is -0.386 e. The first-order valence-corrected chi connectivity index (χ1v) is 5.94. The van der Waals surface area contributed by atoms with Crippen LogP contribution in [-0.2, 0) is 6.42 Å². The van der Waals surface area contributed by atoms with Gasteiger partial charge in [0.05, 0.1) is 0 Å². The first-order chi connectivity index (χ1) is 7.66. The molecule has 1 heterocycles.